The Morgan fingerprint density at radius 3 is 2.76 bits per heavy atom. The molecule has 0 aliphatic rings. The van der Waals surface area contributed by atoms with Crippen molar-refractivity contribution in [1.82, 2.24) is 14.7 Å². The number of nitrogens with zero attached hydrogens (tertiary/aromatic N) is 3. The maximum Gasteiger partial charge on any atom is 0.338 e. The van der Waals surface area contributed by atoms with Gasteiger partial charge in [0, 0.05) is 37.2 Å². The van der Waals surface area contributed by atoms with Crippen molar-refractivity contribution in [2.75, 3.05) is 7.05 Å². The van der Waals surface area contributed by atoms with E-state index in [0.717, 1.165) is 28.7 Å². The van der Waals surface area contributed by atoms with Gasteiger partial charge in [-0.05, 0) is 6.07 Å². The van der Waals surface area contributed by atoms with Crippen LogP contribution in [0.5, 0.6) is 0 Å². The van der Waals surface area contributed by atoms with Crippen LogP contribution in [0.15, 0.2) is 41.1 Å². The Labute approximate surface area is 144 Å². The van der Waals surface area contributed by atoms with E-state index in [1.165, 1.54) is 17.1 Å². The summed E-state index contributed by atoms with van der Waals surface area (Å²) in [5.41, 5.74) is 1.87. The van der Waals surface area contributed by atoms with Gasteiger partial charge >= 0.3 is 5.97 Å². The van der Waals surface area contributed by atoms with E-state index < -0.39 is 5.97 Å². The lowest BCUT2D eigenvalue weighted by atomic mass is 10.1. The summed E-state index contributed by atoms with van der Waals surface area (Å²) in [4.78, 5) is 24.9. The number of hydrogen-bond donors (Lipinski definition) is 1. The second-order valence-electron chi connectivity index (χ2n) is 5.84. The first-order valence-electron chi connectivity index (χ1n) is 7.98. The molecule has 0 bridgehead atoms. The van der Waals surface area contributed by atoms with Crippen molar-refractivity contribution in [3.05, 3.63) is 53.5 Å². The third kappa shape index (κ3) is 3.40. The van der Waals surface area contributed by atoms with Crippen molar-refractivity contribution in [2.24, 2.45) is 0 Å². The minimum absolute atomic E-state index is 0.0129. The lowest BCUT2D eigenvalue weighted by Gasteiger charge is -2.17. The van der Waals surface area contributed by atoms with Gasteiger partial charge in [-0.15, -0.1) is 0 Å². The number of aromatic carboxylic acids is 1. The molecule has 0 spiro atoms. The van der Waals surface area contributed by atoms with Gasteiger partial charge in [-0.25, -0.2) is 4.79 Å². The maximum absolute atomic E-state index is 12.4. The molecular weight excluding hydrogens is 322 g/mol. The number of rotatable bonds is 6. The molecule has 3 aromatic rings. The van der Waals surface area contributed by atoms with E-state index in [2.05, 4.69) is 5.10 Å². The molecule has 0 saturated heterocycles. The average molecular weight is 341 g/mol. The molecule has 1 aromatic carbocycles. The molecule has 0 aliphatic carbocycles. The SMILES string of the molecule is CCc1oc2ccccc2c1CN(C)C(=O)Cn1cc(C(=O)O)cn1. The number of carbonyl (C=O) groups excluding carboxylic acids is 1. The van der Waals surface area contributed by atoms with Gasteiger partial charge in [0.05, 0.1) is 11.8 Å². The van der Waals surface area contributed by atoms with Crippen LogP contribution in [0.1, 0.15) is 28.6 Å². The Morgan fingerprint density at radius 2 is 2.08 bits per heavy atom. The van der Waals surface area contributed by atoms with Crippen LogP contribution in [-0.2, 0) is 24.3 Å². The minimum atomic E-state index is -1.07. The van der Waals surface area contributed by atoms with E-state index >= 15 is 0 Å². The monoisotopic (exact) mass is 341 g/mol. The van der Waals surface area contributed by atoms with Crippen LogP contribution < -0.4 is 0 Å². The fraction of sp³-hybridized carbons (Fsp3) is 0.278. The van der Waals surface area contributed by atoms with Gasteiger partial charge in [0.15, 0.2) is 0 Å². The fourth-order valence-electron chi connectivity index (χ4n) is 2.75. The number of furan rings is 1. The highest BCUT2D eigenvalue weighted by molar-refractivity contribution is 5.87. The van der Waals surface area contributed by atoms with Gasteiger partial charge in [0.25, 0.3) is 0 Å². The quantitative estimate of drug-likeness (QED) is 0.744. The van der Waals surface area contributed by atoms with Crippen LogP contribution in [0.2, 0.25) is 0 Å². The predicted octanol–water partition coefficient (Wildman–Crippen LogP) is 2.55. The van der Waals surface area contributed by atoms with Gasteiger partial charge in [0.2, 0.25) is 5.91 Å². The van der Waals surface area contributed by atoms with Crippen LogP contribution in [0, 0.1) is 0 Å². The molecule has 7 heteroatoms. The zero-order chi connectivity index (χ0) is 18.0. The third-order valence-corrected chi connectivity index (χ3v) is 4.10. The lowest BCUT2D eigenvalue weighted by Crippen LogP contribution is -2.30. The van der Waals surface area contributed by atoms with Gasteiger partial charge in [-0.1, -0.05) is 25.1 Å². The molecule has 3 rings (SSSR count). The molecule has 1 amide bonds. The van der Waals surface area contributed by atoms with Crippen molar-refractivity contribution in [3.63, 3.8) is 0 Å². The topological polar surface area (TPSA) is 88.6 Å². The molecule has 25 heavy (non-hydrogen) atoms. The highest BCUT2D eigenvalue weighted by Crippen LogP contribution is 2.27. The number of aryl methyl sites for hydroxylation is 1. The summed E-state index contributed by atoms with van der Waals surface area (Å²) in [6.07, 6.45) is 3.32. The van der Waals surface area contributed by atoms with Crippen LogP contribution in [0.3, 0.4) is 0 Å². The highest BCUT2D eigenvalue weighted by Gasteiger charge is 2.18. The number of para-hydroxylation sites is 1. The zero-order valence-corrected chi connectivity index (χ0v) is 14.1. The average Bonchev–Trinajstić information content (AvgIpc) is 3.20. The summed E-state index contributed by atoms with van der Waals surface area (Å²) >= 11 is 0. The van der Waals surface area contributed by atoms with E-state index in [4.69, 9.17) is 9.52 Å². The predicted molar refractivity (Wildman–Crippen MR) is 91.3 cm³/mol. The van der Waals surface area contributed by atoms with Crippen molar-refractivity contribution < 1.29 is 19.1 Å². The molecule has 2 heterocycles. The van der Waals surface area contributed by atoms with Crippen molar-refractivity contribution >= 4 is 22.8 Å². The summed E-state index contributed by atoms with van der Waals surface area (Å²) in [5, 5.41) is 13.8. The standard InChI is InChI=1S/C18H19N3O4/c1-3-15-14(13-6-4-5-7-16(13)25-15)10-20(2)17(22)11-21-9-12(8-19-21)18(23)24/h4-9H,3,10-11H2,1-2H3,(H,23,24). The first-order valence-corrected chi connectivity index (χ1v) is 7.98. The second kappa shape index (κ2) is 6.80. The second-order valence-corrected chi connectivity index (χ2v) is 5.84. The van der Waals surface area contributed by atoms with Gasteiger partial charge in [0.1, 0.15) is 17.9 Å². The summed E-state index contributed by atoms with van der Waals surface area (Å²) in [6, 6.07) is 7.76. The van der Waals surface area contributed by atoms with Gasteiger partial charge in [-0.3, -0.25) is 9.48 Å². The molecule has 0 fully saturated rings. The first-order chi connectivity index (χ1) is 12.0. The number of carboxylic acid groups (broad SMARTS) is 1. The molecule has 1 N–H and O–H groups in total. The van der Waals surface area contributed by atoms with E-state index in [9.17, 15) is 9.59 Å². The number of benzene rings is 1. The van der Waals surface area contributed by atoms with Gasteiger partial charge < -0.3 is 14.4 Å². The van der Waals surface area contributed by atoms with Crippen LogP contribution >= 0.6 is 0 Å². The molecule has 0 unspecified atom stereocenters. The number of amides is 1. The molecular formula is C18H19N3O4. The van der Waals surface area contributed by atoms with Crippen molar-refractivity contribution in [1.29, 1.82) is 0 Å². The summed E-state index contributed by atoms with van der Waals surface area (Å²) < 4.78 is 7.19. The molecule has 2 aromatic heterocycles. The van der Waals surface area contributed by atoms with E-state index in [-0.39, 0.29) is 18.0 Å². The molecule has 130 valence electrons. The number of aromatic nitrogens is 2. The number of hydrogen-bond acceptors (Lipinski definition) is 4. The van der Waals surface area contributed by atoms with Crippen LogP contribution in [-0.4, -0.2) is 38.7 Å². The molecule has 0 radical (unpaired) electrons. The zero-order valence-electron chi connectivity index (χ0n) is 14.1. The van der Waals surface area contributed by atoms with E-state index in [1.54, 1.807) is 11.9 Å². The summed E-state index contributed by atoms with van der Waals surface area (Å²) in [5.74, 6) is -0.356. The third-order valence-electron chi connectivity index (χ3n) is 4.10. The Balaban J connectivity index is 1.76. The summed E-state index contributed by atoms with van der Waals surface area (Å²) in [6.45, 7) is 2.42. The van der Waals surface area contributed by atoms with Crippen molar-refractivity contribution in [3.8, 4) is 0 Å². The lowest BCUT2D eigenvalue weighted by molar-refractivity contribution is -0.131. The number of carboxylic acids is 1. The van der Waals surface area contributed by atoms with Crippen LogP contribution in [0.25, 0.3) is 11.0 Å². The molecule has 7 nitrogen and oxygen atoms in total. The Bertz CT molecular complexity index is 925. The van der Waals surface area contributed by atoms with Crippen molar-refractivity contribution in [2.45, 2.75) is 26.4 Å². The molecule has 0 atom stereocenters. The number of likely N-dealkylation sites (N-methyl/N-ethyl adjacent to an activating group) is 1. The van der Waals surface area contributed by atoms with E-state index in [0.29, 0.717) is 6.54 Å². The largest absolute Gasteiger partial charge is 0.478 e. The Hall–Kier alpha value is -3.09. The fourth-order valence-corrected chi connectivity index (χ4v) is 2.75. The normalized spacial score (nSPS) is 11.0. The van der Waals surface area contributed by atoms with E-state index in [1.807, 2.05) is 31.2 Å². The Kier molecular flexibility index (Phi) is 4.56. The first kappa shape index (κ1) is 16.8. The summed E-state index contributed by atoms with van der Waals surface area (Å²) in [7, 11) is 1.71. The molecule has 0 saturated carbocycles. The highest BCUT2D eigenvalue weighted by atomic mass is 16.4. The number of carbonyl (C=O) groups is 2. The maximum atomic E-state index is 12.4. The smallest absolute Gasteiger partial charge is 0.338 e. The van der Waals surface area contributed by atoms with Gasteiger partial charge in [-0.2, -0.15) is 5.10 Å². The van der Waals surface area contributed by atoms with Crippen LogP contribution in [0.4, 0.5) is 0 Å². The minimum Gasteiger partial charge on any atom is -0.478 e. The number of fused-ring (bicyclic) bond motifs is 1. The molecule has 0 aliphatic heterocycles. The Morgan fingerprint density at radius 1 is 1.32 bits per heavy atom.